The highest BCUT2D eigenvalue weighted by molar-refractivity contribution is 6.40. The van der Waals surface area contributed by atoms with Gasteiger partial charge in [0.25, 0.3) is 11.8 Å². The van der Waals surface area contributed by atoms with Crippen molar-refractivity contribution in [3.63, 3.8) is 0 Å². The topological polar surface area (TPSA) is 185 Å². The summed E-state index contributed by atoms with van der Waals surface area (Å²) in [5.74, 6) is -2.76. The number of carboxylic acids is 1. The number of hydrogen-bond donors (Lipinski definition) is 5. The van der Waals surface area contributed by atoms with E-state index < -0.39 is 29.6 Å². The Balaban J connectivity index is 1.59. The number of nitrogens with two attached hydrogens (primary N) is 1. The summed E-state index contributed by atoms with van der Waals surface area (Å²) in [5.41, 5.74) is 7.48. The van der Waals surface area contributed by atoms with Gasteiger partial charge in [0.05, 0.1) is 35.1 Å². The van der Waals surface area contributed by atoms with Crippen LogP contribution in [0, 0.1) is 5.41 Å². The first-order valence-corrected chi connectivity index (χ1v) is 13.0. The second-order valence-corrected chi connectivity index (χ2v) is 9.75. The van der Waals surface area contributed by atoms with Gasteiger partial charge in [0, 0.05) is 36.2 Å². The second kappa shape index (κ2) is 14.2. The Morgan fingerprint density at radius 1 is 1.05 bits per heavy atom. The van der Waals surface area contributed by atoms with Crippen molar-refractivity contribution in [3.8, 4) is 17.0 Å². The minimum atomic E-state index is -1.41. The van der Waals surface area contributed by atoms with E-state index in [4.69, 9.17) is 39.1 Å². The molecule has 0 spiro atoms. The molecule has 0 bridgehead atoms. The molecule has 0 aliphatic heterocycles. The van der Waals surface area contributed by atoms with E-state index in [9.17, 15) is 24.3 Å². The number of halogens is 2. The average molecular weight is 600 g/mol. The van der Waals surface area contributed by atoms with E-state index in [1.165, 1.54) is 19.2 Å². The molecule has 214 valence electrons. The third kappa shape index (κ3) is 8.75. The van der Waals surface area contributed by atoms with Crippen LogP contribution in [0.15, 0.2) is 54.7 Å². The summed E-state index contributed by atoms with van der Waals surface area (Å²) in [6.45, 7) is -0.338. The zero-order valence-corrected chi connectivity index (χ0v) is 23.4. The number of carboxylic acid groups (broad SMARTS) is 1. The number of amidine groups is 1. The fraction of sp³-hybridized carbons (Fsp3) is 0.214. The van der Waals surface area contributed by atoms with Crippen LogP contribution in [0.25, 0.3) is 11.1 Å². The molecule has 13 heteroatoms. The van der Waals surface area contributed by atoms with Crippen molar-refractivity contribution < 1.29 is 29.0 Å². The number of ketones is 1. The zero-order valence-electron chi connectivity index (χ0n) is 21.9. The number of benzene rings is 2. The van der Waals surface area contributed by atoms with E-state index in [1.807, 2.05) is 0 Å². The summed E-state index contributed by atoms with van der Waals surface area (Å²) in [4.78, 5) is 53.6. The number of carbonyl (C=O) groups is 4. The van der Waals surface area contributed by atoms with E-state index in [2.05, 4.69) is 15.6 Å². The van der Waals surface area contributed by atoms with Crippen molar-refractivity contribution in [2.24, 2.45) is 5.73 Å². The van der Waals surface area contributed by atoms with Crippen LogP contribution in [0.4, 0.5) is 0 Å². The molecule has 41 heavy (non-hydrogen) atoms. The fourth-order valence-corrected chi connectivity index (χ4v) is 4.49. The monoisotopic (exact) mass is 599 g/mol. The van der Waals surface area contributed by atoms with E-state index in [0.29, 0.717) is 22.6 Å². The summed E-state index contributed by atoms with van der Waals surface area (Å²) >= 11 is 12.7. The molecule has 1 atom stereocenters. The van der Waals surface area contributed by atoms with Crippen molar-refractivity contribution in [3.05, 3.63) is 81.5 Å². The van der Waals surface area contributed by atoms with Crippen LogP contribution in [0.3, 0.4) is 0 Å². The molecule has 0 saturated carbocycles. The van der Waals surface area contributed by atoms with E-state index >= 15 is 0 Å². The minimum absolute atomic E-state index is 0.00359. The van der Waals surface area contributed by atoms with Gasteiger partial charge in [-0.05, 0) is 47.9 Å². The normalized spacial score (nSPS) is 11.3. The lowest BCUT2D eigenvalue weighted by Gasteiger charge is -2.16. The van der Waals surface area contributed by atoms with Gasteiger partial charge in [-0.2, -0.15) is 0 Å². The van der Waals surface area contributed by atoms with Gasteiger partial charge in [-0.1, -0.05) is 35.3 Å². The number of carbonyl (C=O) groups excluding carboxylic acids is 3. The number of rotatable bonds is 13. The first-order chi connectivity index (χ1) is 19.5. The van der Waals surface area contributed by atoms with Crippen LogP contribution >= 0.6 is 23.2 Å². The summed E-state index contributed by atoms with van der Waals surface area (Å²) < 4.78 is 5.04. The van der Waals surface area contributed by atoms with Gasteiger partial charge in [0.1, 0.15) is 6.04 Å². The molecule has 0 fully saturated rings. The van der Waals surface area contributed by atoms with Crippen molar-refractivity contribution in [1.29, 1.82) is 5.41 Å². The number of aliphatic carboxylic acids is 1. The number of nitrogens with one attached hydrogen (secondary N) is 3. The average Bonchev–Trinajstić information content (AvgIpc) is 2.93. The van der Waals surface area contributed by atoms with Crippen molar-refractivity contribution in [2.45, 2.75) is 25.3 Å². The molecule has 1 aromatic heterocycles. The van der Waals surface area contributed by atoms with Gasteiger partial charge in [-0.3, -0.25) is 19.8 Å². The summed E-state index contributed by atoms with van der Waals surface area (Å²) in [6.07, 6.45) is 1.27. The predicted molar refractivity (Wildman–Crippen MR) is 154 cm³/mol. The SMILES string of the molecule is COc1ccc(-c2cc(Cl)c(C(=O)N[C@@H](CCC(=O)CNC(=O)c3cccc(CC(=N)N)c3)C(=O)O)c(Cl)c2)cn1. The Labute approximate surface area is 245 Å². The second-order valence-electron chi connectivity index (χ2n) is 8.93. The fourth-order valence-electron chi connectivity index (χ4n) is 3.83. The van der Waals surface area contributed by atoms with Gasteiger partial charge in [-0.15, -0.1) is 0 Å². The first-order valence-electron chi connectivity index (χ1n) is 12.2. The van der Waals surface area contributed by atoms with Crippen LogP contribution in [-0.2, 0) is 16.0 Å². The Morgan fingerprint density at radius 3 is 2.34 bits per heavy atom. The maximum atomic E-state index is 12.9. The standard InChI is InChI=1S/C28H27Cl2N5O6/c1-41-24-8-5-17(13-33-24)18-11-20(29)25(21(30)12-18)27(38)35-22(28(39)40)7-6-19(36)14-34-26(37)16-4-2-3-15(9-16)10-23(31)32/h2-5,8-9,11-13,22H,6-7,10,14H2,1H3,(H3,31,32)(H,34,37)(H,35,38)(H,39,40)/t22-/m0/s1. The smallest absolute Gasteiger partial charge is 0.326 e. The number of amides is 2. The Bertz CT molecular complexity index is 1460. The van der Waals surface area contributed by atoms with Crippen molar-refractivity contribution in [2.75, 3.05) is 13.7 Å². The third-order valence-corrected chi connectivity index (χ3v) is 6.49. The predicted octanol–water partition coefficient (Wildman–Crippen LogP) is 3.50. The molecule has 3 rings (SSSR count). The lowest BCUT2D eigenvalue weighted by atomic mass is 10.0. The van der Waals surface area contributed by atoms with Gasteiger partial charge in [-0.25, -0.2) is 9.78 Å². The summed E-state index contributed by atoms with van der Waals surface area (Å²) in [6, 6.07) is 11.4. The third-order valence-electron chi connectivity index (χ3n) is 5.89. The zero-order chi connectivity index (χ0) is 30.1. The quantitative estimate of drug-likeness (QED) is 0.146. The molecule has 11 nitrogen and oxygen atoms in total. The molecular weight excluding hydrogens is 573 g/mol. The lowest BCUT2D eigenvalue weighted by molar-refractivity contribution is -0.139. The highest BCUT2D eigenvalue weighted by atomic mass is 35.5. The Hall–Kier alpha value is -4.48. The number of nitrogens with zero attached hydrogens (tertiary/aromatic N) is 1. The van der Waals surface area contributed by atoms with Crippen LogP contribution < -0.4 is 21.1 Å². The Morgan fingerprint density at radius 2 is 1.76 bits per heavy atom. The van der Waals surface area contributed by atoms with Crippen LogP contribution in [0.2, 0.25) is 10.0 Å². The maximum Gasteiger partial charge on any atom is 0.326 e. The molecule has 0 aliphatic carbocycles. The highest BCUT2D eigenvalue weighted by Gasteiger charge is 2.25. The molecule has 6 N–H and O–H groups in total. The molecule has 0 aliphatic rings. The lowest BCUT2D eigenvalue weighted by Crippen LogP contribution is -2.41. The van der Waals surface area contributed by atoms with Crippen LogP contribution in [-0.4, -0.2) is 59.2 Å². The van der Waals surface area contributed by atoms with Crippen molar-refractivity contribution >= 4 is 52.6 Å². The molecule has 2 amide bonds. The number of Topliss-reactive ketones (excluding diaryl/α,β-unsaturated/α-hetero) is 1. The van der Waals surface area contributed by atoms with E-state index in [0.717, 1.165) is 0 Å². The summed E-state index contributed by atoms with van der Waals surface area (Å²) in [5, 5.41) is 21.8. The molecule has 0 saturated heterocycles. The van der Waals surface area contributed by atoms with E-state index in [1.54, 1.807) is 42.6 Å². The Kier molecular flexibility index (Phi) is 10.8. The maximum absolute atomic E-state index is 12.9. The van der Waals surface area contributed by atoms with Crippen molar-refractivity contribution in [1.82, 2.24) is 15.6 Å². The molecular formula is C28H27Cl2N5O6. The van der Waals surface area contributed by atoms with Gasteiger partial charge in [0.15, 0.2) is 5.78 Å². The minimum Gasteiger partial charge on any atom is -0.481 e. The molecule has 2 aromatic carbocycles. The molecule has 0 radical (unpaired) electrons. The van der Waals surface area contributed by atoms with Gasteiger partial charge < -0.3 is 26.2 Å². The number of ether oxygens (including phenoxy) is 1. The van der Waals surface area contributed by atoms with E-state index in [-0.39, 0.29) is 52.8 Å². The van der Waals surface area contributed by atoms with Gasteiger partial charge in [0.2, 0.25) is 5.88 Å². The molecule has 3 aromatic rings. The van der Waals surface area contributed by atoms with Crippen LogP contribution in [0.5, 0.6) is 5.88 Å². The van der Waals surface area contributed by atoms with Crippen LogP contribution in [0.1, 0.15) is 39.1 Å². The first kappa shape index (κ1) is 31.1. The number of methoxy groups -OCH3 is 1. The largest absolute Gasteiger partial charge is 0.481 e. The van der Waals surface area contributed by atoms with Gasteiger partial charge >= 0.3 is 5.97 Å². The molecule has 0 unspecified atom stereocenters. The number of pyridine rings is 1. The number of aromatic nitrogens is 1. The highest BCUT2D eigenvalue weighted by Crippen LogP contribution is 2.32. The molecule has 1 heterocycles. The summed E-state index contributed by atoms with van der Waals surface area (Å²) in [7, 11) is 1.49. The number of hydrogen-bond acceptors (Lipinski definition) is 7.